The Balaban J connectivity index is 1.98. The summed E-state index contributed by atoms with van der Waals surface area (Å²) in [6.07, 6.45) is 4.62. The van der Waals surface area contributed by atoms with Crippen LogP contribution in [0.5, 0.6) is 0 Å². The minimum absolute atomic E-state index is 0.369. The van der Waals surface area contributed by atoms with Crippen LogP contribution in [0.1, 0.15) is 47.5 Å². The number of ether oxygens (including phenoxy) is 2. The van der Waals surface area contributed by atoms with E-state index in [0.717, 1.165) is 0 Å². The van der Waals surface area contributed by atoms with Gasteiger partial charge in [0.25, 0.3) is 0 Å². The highest BCUT2D eigenvalue weighted by molar-refractivity contribution is 5.92. The Morgan fingerprint density at radius 3 is 2.65 bits per heavy atom. The molecule has 0 radical (unpaired) electrons. The molecule has 26 heavy (non-hydrogen) atoms. The van der Waals surface area contributed by atoms with E-state index >= 15 is 0 Å². The average Bonchev–Trinajstić information content (AvgIpc) is 2.80. The molecule has 2 fully saturated rings. The molecule has 0 bridgehead atoms. The fraction of sp³-hybridized carbons (Fsp3) is 0.700. The first-order valence-electron chi connectivity index (χ1n) is 9.14. The molecule has 3 rings (SSSR count). The Hall–Kier alpha value is -1.66. The van der Waals surface area contributed by atoms with Crippen LogP contribution in [0.4, 0.5) is 0 Å². The van der Waals surface area contributed by atoms with Gasteiger partial charge >= 0.3 is 11.9 Å². The number of hydrogen-bond acceptors (Lipinski definition) is 6. The van der Waals surface area contributed by atoms with Crippen molar-refractivity contribution in [3.05, 3.63) is 23.8 Å². The lowest BCUT2D eigenvalue weighted by Crippen LogP contribution is -2.61. The first-order chi connectivity index (χ1) is 12.0. The van der Waals surface area contributed by atoms with Gasteiger partial charge in [-0.3, -0.25) is 0 Å². The molecule has 1 saturated heterocycles. The van der Waals surface area contributed by atoms with Crippen LogP contribution in [0.15, 0.2) is 23.8 Å². The number of esters is 2. The first kappa shape index (κ1) is 19.1. The molecule has 1 heterocycles. The largest absolute Gasteiger partial charge is 0.458 e. The van der Waals surface area contributed by atoms with Gasteiger partial charge in [0.1, 0.15) is 6.10 Å². The molecule has 0 aromatic carbocycles. The number of rotatable bonds is 2. The molecule has 1 saturated carbocycles. The topological polar surface area (TPSA) is 93.1 Å². The zero-order valence-electron chi connectivity index (χ0n) is 16.0. The maximum atomic E-state index is 12.7. The van der Waals surface area contributed by atoms with E-state index in [0.29, 0.717) is 18.4 Å². The molecule has 2 aliphatic carbocycles. The maximum absolute atomic E-state index is 12.7. The lowest BCUT2D eigenvalue weighted by atomic mass is 9.52. The molecule has 144 valence electrons. The summed E-state index contributed by atoms with van der Waals surface area (Å²) in [4.78, 5) is 25.0. The number of carbonyl (C=O) groups excluding carboxylic acids is 2. The van der Waals surface area contributed by atoms with E-state index in [2.05, 4.69) is 0 Å². The van der Waals surface area contributed by atoms with Gasteiger partial charge in [-0.25, -0.2) is 9.59 Å². The van der Waals surface area contributed by atoms with Crippen molar-refractivity contribution < 1.29 is 29.3 Å². The fourth-order valence-electron chi connectivity index (χ4n) is 4.97. The Labute approximate surface area is 153 Å². The first-order valence-corrected chi connectivity index (χ1v) is 9.14. The minimum Gasteiger partial charge on any atom is -0.458 e. The van der Waals surface area contributed by atoms with E-state index < -0.39 is 46.7 Å². The molecular weight excluding hydrogens is 336 g/mol. The van der Waals surface area contributed by atoms with Crippen LogP contribution in [-0.4, -0.2) is 45.6 Å². The predicted octanol–water partition coefficient (Wildman–Crippen LogP) is 1.89. The van der Waals surface area contributed by atoms with Crippen molar-refractivity contribution in [2.75, 3.05) is 0 Å². The number of carbonyl (C=O) groups is 2. The Morgan fingerprint density at radius 2 is 2.04 bits per heavy atom. The van der Waals surface area contributed by atoms with Crippen LogP contribution in [0.3, 0.4) is 0 Å². The van der Waals surface area contributed by atoms with Crippen LogP contribution in [0.25, 0.3) is 0 Å². The quantitative estimate of drug-likeness (QED) is 0.442. The third-order valence-electron chi connectivity index (χ3n) is 6.77. The van der Waals surface area contributed by atoms with E-state index in [9.17, 15) is 19.8 Å². The molecular formula is C20H28O6. The molecule has 6 heteroatoms. The van der Waals surface area contributed by atoms with Crippen molar-refractivity contribution in [1.82, 2.24) is 0 Å². The van der Waals surface area contributed by atoms with E-state index in [4.69, 9.17) is 9.47 Å². The lowest BCUT2D eigenvalue weighted by molar-refractivity contribution is -0.175. The molecule has 0 aromatic rings. The van der Waals surface area contributed by atoms with Gasteiger partial charge in [0.2, 0.25) is 5.60 Å². The highest BCUT2D eigenvalue weighted by Gasteiger charge is 2.68. The predicted molar refractivity (Wildman–Crippen MR) is 93.9 cm³/mol. The highest BCUT2D eigenvalue weighted by Crippen LogP contribution is 2.58. The monoisotopic (exact) mass is 364 g/mol. The summed E-state index contributed by atoms with van der Waals surface area (Å²) in [5.41, 5.74) is -2.82. The number of aliphatic hydroxyl groups is 2. The van der Waals surface area contributed by atoms with Crippen molar-refractivity contribution in [2.24, 2.45) is 17.3 Å². The lowest BCUT2D eigenvalue weighted by Gasteiger charge is -2.55. The third kappa shape index (κ3) is 2.54. The van der Waals surface area contributed by atoms with Crippen LogP contribution >= 0.6 is 0 Å². The van der Waals surface area contributed by atoms with Crippen LogP contribution in [0, 0.1) is 17.3 Å². The van der Waals surface area contributed by atoms with Gasteiger partial charge in [0.15, 0.2) is 0 Å². The summed E-state index contributed by atoms with van der Waals surface area (Å²) in [6.45, 7) is 8.53. The molecule has 0 aromatic heterocycles. The van der Waals surface area contributed by atoms with Gasteiger partial charge in [-0.05, 0) is 40.5 Å². The maximum Gasteiger partial charge on any atom is 0.351 e. The molecule has 0 spiro atoms. The number of aliphatic hydroxyl groups excluding tert-OH is 1. The van der Waals surface area contributed by atoms with Gasteiger partial charge < -0.3 is 19.7 Å². The van der Waals surface area contributed by atoms with Gasteiger partial charge in [0, 0.05) is 22.8 Å². The molecule has 7 atom stereocenters. The summed E-state index contributed by atoms with van der Waals surface area (Å²) in [6, 6.07) is 0. The highest BCUT2D eigenvalue weighted by atomic mass is 16.6. The third-order valence-corrected chi connectivity index (χ3v) is 6.77. The Morgan fingerprint density at radius 1 is 1.38 bits per heavy atom. The summed E-state index contributed by atoms with van der Waals surface area (Å²) in [7, 11) is 0. The summed E-state index contributed by atoms with van der Waals surface area (Å²) in [5.74, 6) is -1.99. The van der Waals surface area contributed by atoms with Crippen molar-refractivity contribution in [1.29, 1.82) is 0 Å². The molecule has 2 N–H and O–H groups in total. The summed E-state index contributed by atoms with van der Waals surface area (Å²) >= 11 is 0. The van der Waals surface area contributed by atoms with Gasteiger partial charge in [-0.1, -0.05) is 25.2 Å². The SMILES string of the molecule is C/C=C(/C)C(=O)O[C@@]1(C)C(=O)O[C@H]2[C@H]1CC[C@@]1(C)[C@@H](O)C=C[C@@](C)(O)[C@@H]21. The summed E-state index contributed by atoms with van der Waals surface area (Å²) < 4.78 is 11.3. The van der Waals surface area contributed by atoms with Crippen molar-refractivity contribution in [3.63, 3.8) is 0 Å². The van der Waals surface area contributed by atoms with E-state index in [-0.39, 0.29) is 5.92 Å². The Kier molecular flexibility index (Phi) is 4.36. The number of hydrogen-bond donors (Lipinski definition) is 2. The van der Waals surface area contributed by atoms with Crippen molar-refractivity contribution in [3.8, 4) is 0 Å². The van der Waals surface area contributed by atoms with Crippen molar-refractivity contribution >= 4 is 11.9 Å². The van der Waals surface area contributed by atoms with Crippen LogP contribution in [-0.2, 0) is 19.1 Å². The second-order valence-corrected chi connectivity index (χ2v) is 8.50. The average molecular weight is 364 g/mol. The second-order valence-electron chi connectivity index (χ2n) is 8.50. The van der Waals surface area contributed by atoms with Gasteiger partial charge in [-0.2, -0.15) is 0 Å². The Bertz CT molecular complexity index is 692. The van der Waals surface area contributed by atoms with Crippen LogP contribution in [0.2, 0.25) is 0 Å². The normalized spacial score (nSPS) is 47.8. The smallest absolute Gasteiger partial charge is 0.351 e. The molecule has 3 aliphatic rings. The standard InChI is InChI=1S/C20H28O6/c1-6-11(2)16(22)26-20(5)12-7-9-18(3)13(21)8-10-19(4,24)15(18)14(12)25-17(20)23/h6,8,10,12-15,21,24H,7,9H2,1-5H3/b11-6-/t12-,13+,14+,15+,18+,19-,20-/m1/s1. The van der Waals surface area contributed by atoms with Crippen LogP contribution < -0.4 is 0 Å². The minimum atomic E-state index is -1.39. The molecule has 1 aliphatic heterocycles. The van der Waals surface area contributed by atoms with E-state index in [1.807, 2.05) is 6.92 Å². The second kappa shape index (κ2) is 5.92. The summed E-state index contributed by atoms with van der Waals surface area (Å²) in [5, 5.41) is 21.5. The van der Waals surface area contributed by atoms with Gasteiger partial charge in [0.05, 0.1) is 11.7 Å². The molecule has 0 unspecified atom stereocenters. The number of allylic oxidation sites excluding steroid dienone is 1. The fourth-order valence-corrected chi connectivity index (χ4v) is 4.97. The molecule has 6 nitrogen and oxygen atoms in total. The van der Waals surface area contributed by atoms with Gasteiger partial charge in [-0.15, -0.1) is 0 Å². The zero-order valence-corrected chi connectivity index (χ0v) is 16.0. The van der Waals surface area contributed by atoms with E-state index in [1.165, 1.54) is 0 Å². The van der Waals surface area contributed by atoms with E-state index in [1.54, 1.807) is 45.9 Å². The number of fused-ring (bicyclic) bond motifs is 3. The van der Waals surface area contributed by atoms with Crippen molar-refractivity contribution in [2.45, 2.75) is 70.9 Å². The zero-order chi connectivity index (χ0) is 19.5. The molecule has 0 amide bonds.